The Bertz CT molecular complexity index is 551. The van der Waals surface area contributed by atoms with E-state index >= 15 is 0 Å². The molecule has 1 atom stereocenters. The van der Waals surface area contributed by atoms with Gasteiger partial charge in [-0.3, -0.25) is 4.98 Å². The van der Waals surface area contributed by atoms with E-state index in [2.05, 4.69) is 29.4 Å². The highest BCUT2D eigenvalue weighted by Gasteiger charge is 2.30. The Kier molecular flexibility index (Phi) is 3.65. The third-order valence-corrected chi connectivity index (χ3v) is 3.66. The molecular weight excluding hydrogens is 236 g/mol. The van der Waals surface area contributed by atoms with E-state index in [1.165, 1.54) is 12.8 Å². The molecule has 0 aliphatic heterocycles. The highest BCUT2D eigenvalue weighted by molar-refractivity contribution is 5.79. The summed E-state index contributed by atoms with van der Waals surface area (Å²) in [5.74, 6) is 1.72. The number of benzene rings is 1. The molecule has 1 aromatic carbocycles. The predicted molar refractivity (Wildman–Crippen MR) is 77.4 cm³/mol. The summed E-state index contributed by atoms with van der Waals surface area (Å²) in [6.45, 7) is 3.90. The van der Waals surface area contributed by atoms with Crippen LogP contribution in [0.15, 0.2) is 36.5 Å². The Morgan fingerprint density at radius 3 is 3.05 bits per heavy atom. The average molecular weight is 256 g/mol. The van der Waals surface area contributed by atoms with Gasteiger partial charge in [-0.2, -0.15) is 0 Å². The van der Waals surface area contributed by atoms with E-state index in [1.807, 2.05) is 24.4 Å². The molecule has 3 heteroatoms. The van der Waals surface area contributed by atoms with Crippen molar-refractivity contribution < 1.29 is 4.74 Å². The third kappa shape index (κ3) is 3.04. The number of hydrogen-bond donors (Lipinski definition) is 1. The van der Waals surface area contributed by atoms with Crippen molar-refractivity contribution in [2.75, 3.05) is 13.2 Å². The van der Waals surface area contributed by atoms with Crippen LogP contribution in [0.5, 0.6) is 5.75 Å². The first-order valence-corrected chi connectivity index (χ1v) is 7.08. The smallest absolute Gasteiger partial charge is 0.121 e. The summed E-state index contributed by atoms with van der Waals surface area (Å²) in [5.41, 5.74) is 0.992. The molecule has 1 unspecified atom stereocenters. The van der Waals surface area contributed by atoms with E-state index in [0.29, 0.717) is 6.04 Å². The number of likely N-dealkylation sites (N-methyl/N-ethyl adjacent to an activating group) is 1. The quantitative estimate of drug-likeness (QED) is 0.862. The summed E-state index contributed by atoms with van der Waals surface area (Å²) in [7, 11) is 0. The van der Waals surface area contributed by atoms with Gasteiger partial charge in [0.1, 0.15) is 12.4 Å². The van der Waals surface area contributed by atoms with Gasteiger partial charge in [0.25, 0.3) is 0 Å². The molecule has 0 saturated heterocycles. The van der Waals surface area contributed by atoms with E-state index in [1.54, 1.807) is 0 Å². The van der Waals surface area contributed by atoms with Crippen LogP contribution in [0.4, 0.5) is 0 Å². The zero-order valence-electron chi connectivity index (χ0n) is 11.3. The summed E-state index contributed by atoms with van der Waals surface area (Å²) in [6.07, 6.45) is 4.48. The monoisotopic (exact) mass is 256 g/mol. The molecule has 1 aromatic heterocycles. The molecular formula is C16H20N2O. The second-order valence-corrected chi connectivity index (χ2v) is 5.17. The Balaban J connectivity index is 1.67. The molecule has 0 spiro atoms. The molecule has 2 aromatic rings. The van der Waals surface area contributed by atoms with Crippen LogP contribution in [0.2, 0.25) is 0 Å². The van der Waals surface area contributed by atoms with Crippen LogP contribution in [-0.4, -0.2) is 24.2 Å². The number of pyridine rings is 1. The number of rotatable bonds is 6. The van der Waals surface area contributed by atoms with Gasteiger partial charge >= 0.3 is 0 Å². The second kappa shape index (κ2) is 5.57. The van der Waals surface area contributed by atoms with Crippen LogP contribution in [-0.2, 0) is 0 Å². The van der Waals surface area contributed by atoms with Crippen LogP contribution in [0, 0.1) is 5.92 Å². The van der Waals surface area contributed by atoms with E-state index in [-0.39, 0.29) is 0 Å². The van der Waals surface area contributed by atoms with Gasteiger partial charge in [0.05, 0.1) is 5.52 Å². The van der Waals surface area contributed by atoms with Gasteiger partial charge in [-0.1, -0.05) is 13.0 Å². The molecule has 1 N–H and O–H groups in total. The van der Waals surface area contributed by atoms with Crippen LogP contribution in [0.25, 0.3) is 10.9 Å². The first-order chi connectivity index (χ1) is 9.36. The number of hydrogen-bond acceptors (Lipinski definition) is 3. The maximum Gasteiger partial charge on any atom is 0.121 e. The standard InChI is InChI=1S/C16H20N2O/c1-2-17-16(13-5-6-13)11-19-14-8-7-12-4-3-9-18-15(12)10-14/h3-4,7-10,13,16-17H,2,5-6,11H2,1H3. The van der Waals surface area contributed by atoms with E-state index in [4.69, 9.17) is 4.74 Å². The lowest BCUT2D eigenvalue weighted by Gasteiger charge is -2.18. The van der Waals surface area contributed by atoms with Gasteiger partial charge in [-0.05, 0) is 43.5 Å². The van der Waals surface area contributed by atoms with Gasteiger partial charge < -0.3 is 10.1 Å². The first kappa shape index (κ1) is 12.4. The number of fused-ring (bicyclic) bond motifs is 1. The van der Waals surface area contributed by atoms with Crippen LogP contribution < -0.4 is 10.1 Å². The van der Waals surface area contributed by atoms with Crippen molar-refractivity contribution in [3.63, 3.8) is 0 Å². The van der Waals surface area contributed by atoms with Gasteiger partial charge in [-0.25, -0.2) is 0 Å². The third-order valence-electron chi connectivity index (χ3n) is 3.66. The fourth-order valence-electron chi connectivity index (χ4n) is 2.44. The van der Waals surface area contributed by atoms with E-state index in [0.717, 1.165) is 35.7 Å². The molecule has 0 bridgehead atoms. The molecule has 0 radical (unpaired) electrons. The summed E-state index contributed by atoms with van der Waals surface area (Å²) < 4.78 is 5.93. The highest BCUT2D eigenvalue weighted by atomic mass is 16.5. The van der Waals surface area contributed by atoms with Crippen molar-refractivity contribution in [3.8, 4) is 5.75 Å². The minimum absolute atomic E-state index is 0.490. The van der Waals surface area contributed by atoms with Crippen molar-refractivity contribution in [3.05, 3.63) is 36.5 Å². The van der Waals surface area contributed by atoms with E-state index in [9.17, 15) is 0 Å². The van der Waals surface area contributed by atoms with Gasteiger partial charge in [0.15, 0.2) is 0 Å². The number of ether oxygens (including phenoxy) is 1. The molecule has 1 saturated carbocycles. The number of nitrogens with one attached hydrogen (secondary N) is 1. The maximum atomic E-state index is 5.93. The van der Waals surface area contributed by atoms with Crippen LogP contribution in [0.1, 0.15) is 19.8 Å². The average Bonchev–Trinajstić information content (AvgIpc) is 3.28. The van der Waals surface area contributed by atoms with E-state index < -0.39 is 0 Å². The Morgan fingerprint density at radius 1 is 1.37 bits per heavy atom. The summed E-state index contributed by atoms with van der Waals surface area (Å²) in [6, 6.07) is 10.6. The minimum atomic E-state index is 0.490. The van der Waals surface area contributed by atoms with Crippen molar-refractivity contribution in [1.82, 2.24) is 10.3 Å². The Morgan fingerprint density at radius 2 is 2.26 bits per heavy atom. The first-order valence-electron chi connectivity index (χ1n) is 7.08. The molecule has 0 amide bonds. The van der Waals surface area contributed by atoms with Gasteiger partial charge in [-0.15, -0.1) is 0 Å². The highest BCUT2D eigenvalue weighted by Crippen LogP contribution is 2.33. The maximum absolute atomic E-state index is 5.93. The van der Waals surface area contributed by atoms with Gasteiger partial charge in [0.2, 0.25) is 0 Å². The second-order valence-electron chi connectivity index (χ2n) is 5.17. The lowest BCUT2D eigenvalue weighted by Crippen LogP contribution is -2.36. The molecule has 19 heavy (non-hydrogen) atoms. The van der Waals surface area contributed by atoms with Crippen molar-refractivity contribution >= 4 is 10.9 Å². The lowest BCUT2D eigenvalue weighted by atomic mass is 10.2. The fourth-order valence-corrected chi connectivity index (χ4v) is 2.44. The number of aromatic nitrogens is 1. The fraction of sp³-hybridized carbons (Fsp3) is 0.438. The summed E-state index contributed by atoms with van der Waals surface area (Å²) >= 11 is 0. The minimum Gasteiger partial charge on any atom is -0.492 e. The Hall–Kier alpha value is -1.61. The molecule has 3 nitrogen and oxygen atoms in total. The lowest BCUT2D eigenvalue weighted by molar-refractivity contribution is 0.251. The largest absolute Gasteiger partial charge is 0.492 e. The zero-order chi connectivity index (χ0) is 13.1. The topological polar surface area (TPSA) is 34.1 Å². The van der Waals surface area contributed by atoms with Crippen LogP contribution >= 0.6 is 0 Å². The normalized spacial score (nSPS) is 16.5. The molecule has 3 rings (SSSR count). The number of nitrogens with zero attached hydrogens (tertiary/aromatic N) is 1. The molecule has 100 valence electrons. The summed E-state index contributed by atoms with van der Waals surface area (Å²) in [4.78, 5) is 4.36. The van der Waals surface area contributed by atoms with Gasteiger partial charge in [0, 0.05) is 23.7 Å². The molecule has 1 aliphatic carbocycles. The summed E-state index contributed by atoms with van der Waals surface area (Å²) in [5, 5.41) is 4.66. The molecule has 1 fully saturated rings. The van der Waals surface area contributed by atoms with Crippen molar-refractivity contribution in [2.45, 2.75) is 25.8 Å². The van der Waals surface area contributed by atoms with Crippen molar-refractivity contribution in [2.24, 2.45) is 5.92 Å². The Labute approximate surface area is 114 Å². The SMILES string of the molecule is CCNC(COc1ccc2cccnc2c1)C1CC1. The molecule has 1 heterocycles. The molecule has 1 aliphatic rings. The van der Waals surface area contributed by atoms with Crippen LogP contribution in [0.3, 0.4) is 0 Å². The zero-order valence-corrected chi connectivity index (χ0v) is 11.3. The van der Waals surface area contributed by atoms with Crippen molar-refractivity contribution in [1.29, 1.82) is 0 Å². The predicted octanol–water partition coefficient (Wildman–Crippen LogP) is 3.00.